The topological polar surface area (TPSA) is 32.3 Å². The molecule has 0 unspecified atom stereocenters. The number of hydrogen-bond donors (Lipinski definition) is 2. The van der Waals surface area contributed by atoms with E-state index in [0.717, 1.165) is 32.2 Å². The highest BCUT2D eigenvalue weighted by Crippen LogP contribution is 2.43. The average Bonchev–Trinajstić information content (AvgIpc) is 2.36. The summed E-state index contributed by atoms with van der Waals surface area (Å²) in [4.78, 5) is 0. The first-order valence-electron chi connectivity index (χ1n) is 6.71. The molecular weight excluding hydrogens is 281 g/mol. The zero-order chi connectivity index (χ0) is 14.1. The van der Waals surface area contributed by atoms with Gasteiger partial charge in [0.25, 0.3) is 0 Å². The standard InChI is InChI=1S/C15H21Cl2NO/c1-14(19)5-7-15(8-6-14,10-18-2)11-3-4-12(16)13(17)9-11/h3-4,9,18-19H,5-8,10H2,1-2H3/t14-,15+. The smallest absolute Gasteiger partial charge is 0.0620 e. The number of halogens is 2. The summed E-state index contributed by atoms with van der Waals surface area (Å²) in [5.74, 6) is 0. The van der Waals surface area contributed by atoms with Crippen LogP contribution in [0.3, 0.4) is 0 Å². The Kier molecular flexibility index (Phi) is 4.46. The molecule has 1 aromatic rings. The lowest BCUT2D eigenvalue weighted by Gasteiger charge is -2.43. The van der Waals surface area contributed by atoms with Gasteiger partial charge in [0.05, 0.1) is 15.6 Å². The molecule has 0 atom stereocenters. The maximum atomic E-state index is 10.2. The van der Waals surface area contributed by atoms with Gasteiger partial charge >= 0.3 is 0 Å². The van der Waals surface area contributed by atoms with Gasteiger partial charge in [-0.3, -0.25) is 0 Å². The van der Waals surface area contributed by atoms with Crippen LogP contribution in [0.2, 0.25) is 10.0 Å². The Balaban J connectivity index is 2.31. The molecule has 0 aliphatic heterocycles. The molecular formula is C15H21Cl2NO. The number of aliphatic hydroxyl groups is 1. The predicted molar refractivity (Wildman–Crippen MR) is 81.2 cm³/mol. The molecule has 19 heavy (non-hydrogen) atoms. The predicted octanol–water partition coefficient (Wildman–Crippen LogP) is 3.78. The van der Waals surface area contributed by atoms with Crippen molar-refractivity contribution in [3.8, 4) is 0 Å². The molecule has 0 amide bonds. The minimum atomic E-state index is -0.534. The van der Waals surface area contributed by atoms with Gasteiger partial charge in [0.15, 0.2) is 0 Å². The summed E-state index contributed by atoms with van der Waals surface area (Å²) in [6.45, 7) is 2.81. The second-order valence-corrected chi connectivity index (χ2v) is 6.75. The van der Waals surface area contributed by atoms with Gasteiger partial charge in [0.1, 0.15) is 0 Å². The van der Waals surface area contributed by atoms with Gasteiger partial charge in [-0.2, -0.15) is 0 Å². The zero-order valence-electron chi connectivity index (χ0n) is 11.5. The Bertz CT molecular complexity index is 449. The van der Waals surface area contributed by atoms with Crippen molar-refractivity contribution in [1.82, 2.24) is 5.32 Å². The van der Waals surface area contributed by atoms with E-state index in [9.17, 15) is 5.11 Å². The molecule has 2 rings (SSSR count). The van der Waals surface area contributed by atoms with Gasteiger partial charge in [-0.25, -0.2) is 0 Å². The van der Waals surface area contributed by atoms with Crippen molar-refractivity contribution in [1.29, 1.82) is 0 Å². The van der Waals surface area contributed by atoms with Crippen LogP contribution in [0.25, 0.3) is 0 Å². The van der Waals surface area contributed by atoms with E-state index in [0.29, 0.717) is 10.0 Å². The fraction of sp³-hybridized carbons (Fsp3) is 0.600. The van der Waals surface area contributed by atoms with Crippen molar-refractivity contribution >= 4 is 23.2 Å². The Labute approximate surface area is 125 Å². The SMILES string of the molecule is CNC[C@]1(c2ccc(Cl)c(Cl)c2)CC[C@@](C)(O)CC1. The van der Waals surface area contributed by atoms with Crippen LogP contribution < -0.4 is 5.32 Å². The lowest BCUT2D eigenvalue weighted by atomic mass is 9.65. The van der Waals surface area contributed by atoms with Crippen molar-refractivity contribution in [2.45, 2.75) is 43.6 Å². The maximum Gasteiger partial charge on any atom is 0.0620 e. The number of benzene rings is 1. The molecule has 4 heteroatoms. The van der Waals surface area contributed by atoms with Crippen LogP contribution in [-0.4, -0.2) is 24.3 Å². The molecule has 0 heterocycles. The average molecular weight is 302 g/mol. The fourth-order valence-electron chi connectivity index (χ4n) is 3.00. The molecule has 0 radical (unpaired) electrons. The van der Waals surface area contributed by atoms with E-state index in [1.165, 1.54) is 5.56 Å². The highest BCUT2D eigenvalue weighted by Gasteiger charge is 2.40. The van der Waals surface area contributed by atoms with Crippen molar-refractivity contribution in [3.05, 3.63) is 33.8 Å². The molecule has 1 aromatic carbocycles. The van der Waals surface area contributed by atoms with E-state index < -0.39 is 5.60 Å². The van der Waals surface area contributed by atoms with Crippen LogP contribution >= 0.6 is 23.2 Å². The highest BCUT2D eigenvalue weighted by atomic mass is 35.5. The monoisotopic (exact) mass is 301 g/mol. The normalized spacial score (nSPS) is 31.4. The van der Waals surface area contributed by atoms with Crippen LogP contribution in [0.5, 0.6) is 0 Å². The van der Waals surface area contributed by atoms with Crippen molar-refractivity contribution in [3.63, 3.8) is 0 Å². The molecule has 0 saturated heterocycles. The summed E-state index contributed by atoms with van der Waals surface area (Å²) in [6.07, 6.45) is 3.54. The molecule has 2 nitrogen and oxygen atoms in total. The lowest BCUT2D eigenvalue weighted by molar-refractivity contribution is 0.000322. The van der Waals surface area contributed by atoms with Crippen molar-refractivity contribution in [2.75, 3.05) is 13.6 Å². The molecule has 2 N–H and O–H groups in total. The first-order chi connectivity index (χ1) is 8.88. The quantitative estimate of drug-likeness (QED) is 0.890. The zero-order valence-corrected chi connectivity index (χ0v) is 13.0. The van der Waals surface area contributed by atoms with Gasteiger partial charge in [0.2, 0.25) is 0 Å². The molecule has 1 aliphatic carbocycles. The second-order valence-electron chi connectivity index (χ2n) is 5.94. The second kappa shape index (κ2) is 5.61. The summed E-state index contributed by atoms with van der Waals surface area (Å²) in [5.41, 5.74) is 0.727. The first-order valence-corrected chi connectivity index (χ1v) is 7.47. The minimum absolute atomic E-state index is 0.0468. The van der Waals surface area contributed by atoms with E-state index in [-0.39, 0.29) is 5.41 Å². The van der Waals surface area contributed by atoms with Crippen LogP contribution in [0.1, 0.15) is 38.2 Å². The van der Waals surface area contributed by atoms with E-state index >= 15 is 0 Å². The third-order valence-corrected chi connectivity index (χ3v) is 5.07. The van der Waals surface area contributed by atoms with Crippen LogP contribution in [0.15, 0.2) is 18.2 Å². The Morgan fingerprint density at radius 2 is 1.79 bits per heavy atom. The van der Waals surface area contributed by atoms with Crippen LogP contribution in [0, 0.1) is 0 Å². The maximum absolute atomic E-state index is 10.2. The van der Waals surface area contributed by atoms with E-state index in [1.807, 2.05) is 26.1 Å². The molecule has 0 bridgehead atoms. The highest BCUT2D eigenvalue weighted by molar-refractivity contribution is 6.42. The van der Waals surface area contributed by atoms with Crippen molar-refractivity contribution in [2.24, 2.45) is 0 Å². The van der Waals surface area contributed by atoms with Gasteiger partial charge in [-0.05, 0) is 57.4 Å². The molecule has 0 aromatic heterocycles. The Morgan fingerprint density at radius 3 is 2.32 bits per heavy atom. The Morgan fingerprint density at radius 1 is 1.16 bits per heavy atom. The summed E-state index contributed by atoms with van der Waals surface area (Å²) in [7, 11) is 1.96. The molecule has 1 fully saturated rings. The largest absolute Gasteiger partial charge is 0.390 e. The molecule has 1 saturated carbocycles. The number of hydrogen-bond acceptors (Lipinski definition) is 2. The van der Waals surface area contributed by atoms with Gasteiger partial charge in [-0.1, -0.05) is 29.3 Å². The molecule has 106 valence electrons. The third-order valence-electron chi connectivity index (χ3n) is 4.33. The summed E-state index contributed by atoms with van der Waals surface area (Å²) >= 11 is 12.1. The van der Waals surface area contributed by atoms with Gasteiger partial charge in [0, 0.05) is 12.0 Å². The van der Waals surface area contributed by atoms with E-state index in [2.05, 4.69) is 11.4 Å². The third kappa shape index (κ3) is 3.25. The summed E-state index contributed by atoms with van der Waals surface area (Å²) in [5, 5.41) is 14.6. The van der Waals surface area contributed by atoms with Gasteiger partial charge in [-0.15, -0.1) is 0 Å². The number of likely N-dealkylation sites (N-methyl/N-ethyl adjacent to an activating group) is 1. The van der Waals surface area contributed by atoms with Crippen LogP contribution in [0.4, 0.5) is 0 Å². The molecule has 0 spiro atoms. The van der Waals surface area contributed by atoms with Crippen molar-refractivity contribution < 1.29 is 5.11 Å². The van der Waals surface area contributed by atoms with E-state index in [4.69, 9.17) is 23.2 Å². The molecule has 1 aliphatic rings. The first kappa shape index (κ1) is 15.1. The van der Waals surface area contributed by atoms with Gasteiger partial charge < -0.3 is 10.4 Å². The van der Waals surface area contributed by atoms with Crippen LogP contribution in [-0.2, 0) is 5.41 Å². The Hall–Kier alpha value is -0.280. The minimum Gasteiger partial charge on any atom is -0.390 e. The fourth-order valence-corrected chi connectivity index (χ4v) is 3.30. The number of rotatable bonds is 3. The number of nitrogens with one attached hydrogen (secondary N) is 1. The lowest BCUT2D eigenvalue weighted by Crippen LogP contribution is -2.44. The summed E-state index contributed by atoms with van der Waals surface area (Å²) < 4.78 is 0. The van der Waals surface area contributed by atoms with E-state index in [1.54, 1.807) is 0 Å². The summed E-state index contributed by atoms with van der Waals surface area (Å²) in [6, 6.07) is 5.90.